The monoisotopic (exact) mass is 1420 g/mol. The van der Waals surface area contributed by atoms with E-state index in [1.54, 1.807) is 10.6 Å². The summed E-state index contributed by atoms with van der Waals surface area (Å²) < 4.78 is 163. The molecule has 19 aromatic rings. The number of benzene rings is 15. The maximum Gasteiger partial charge on any atom is 0.252 e. The molecule has 7 heteroatoms. The summed E-state index contributed by atoms with van der Waals surface area (Å²) in [5, 5.41) is 3.10. The first-order chi connectivity index (χ1) is 59.6. The number of fused-ring (bicyclic) bond motifs is 16. The zero-order valence-corrected chi connectivity index (χ0v) is 61.6. The number of anilines is 6. The molecule has 0 saturated heterocycles. The molecule has 21 rings (SSSR count). The van der Waals surface area contributed by atoms with Gasteiger partial charge in [-0.25, -0.2) is 0 Å². The molecule has 6 nitrogen and oxygen atoms in total. The van der Waals surface area contributed by atoms with Gasteiger partial charge >= 0.3 is 0 Å². The first kappa shape index (κ1) is 49.9. The van der Waals surface area contributed by atoms with Crippen molar-refractivity contribution in [2.75, 3.05) is 9.80 Å². The largest absolute Gasteiger partial charge is 0.452 e. The molecular weight excluding hydrogens is 1320 g/mol. The maximum absolute atomic E-state index is 9.88. The van der Waals surface area contributed by atoms with Crippen molar-refractivity contribution in [3.8, 4) is 50.4 Å². The average Bonchev–Trinajstić information content (AvgIpc) is 0.911. The van der Waals surface area contributed by atoms with E-state index in [1.165, 1.54) is 4.57 Å². The lowest BCUT2D eigenvalue weighted by Crippen LogP contribution is -2.61. The molecule has 2 aliphatic rings. The van der Waals surface area contributed by atoms with Crippen LogP contribution in [0.5, 0.6) is 0 Å². The third kappa shape index (κ3) is 10.0. The Bertz CT molecular complexity index is 7740. The second-order valence-electron chi connectivity index (χ2n) is 32.1. The van der Waals surface area contributed by atoms with E-state index in [0.29, 0.717) is 33.4 Å². The van der Waals surface area contributed by atoms with Gasteiger partial charge in [-0.05, 0) is 192 Å². The van der Waals surface area contributed by atoms with Gasteiger partial charge in [0, 0.05) is 77.2 Å². The molecule has 0 fully saturated rings. The van der Waals surface area contributed by atoms with Crippen molar-refractivity contribution in [3.63, 3.8) is 0 Å². The number of nitrogens with zero attached hydrogens (tertiary/aromatic N) is 5. The molecule has 522 valence electrons. The predicted molar refractivity (Wildman–Crippen MR) is 463 cm³/mol. The molecule has 0 atom stereocenters. The van der Waals surface area contributed by atoms with E-state index in [4.69, 9.17) is 12.6 Å². The van der Waals surface area contributed by atoms with Gasteiger partial charge < -0.3 is 27.9 Å². The van der Waals surface area contributed by atoms with Crippen molar-refractivity contribution in [2.24, 2.45) is 0 Å². The molecule has 0 unspecified atom stereocenters. The lowest BCUT2D eigenvalue weighted by atomic mass is 9.33. The smallest absolute Gasteiger partial charge is 0.252 e. The third-order valence-electron chi connectivity index (χ3n) is 22.5. The van der Waals surface area contributed by atoms with Gasteiger partial charge in [0.15, 0.2) is 11.2 Å². The van der Waals surface area contributed by atoms with Crippen molar-refractivity contribution in [1.29, 1.82) is 0 Å². The van der Waals surface area contributed by atoms with Crippen LogP contribution in [0.15, 0.2) is 326 Å². The van der Waals surface area contributed by atoms with Crippen LogP contribution in [0.2, 0.25) is 0 Å². The van der Waals surface area contributed by atoms with Gasteiger partial charge in [-0.15, -0.1) is 0 Å². The molecule has 0 saturated carbocycles. The molecule has 2 aliphatic heterocycles. The van der Waals surface area contributed by atoms with Crippen LogP contribution >= 0.6 is 0 Å². The van der Waals surface area contributed by atoms with Crippen LogP contribution in [0.1, 0.15) is 101 Å². The predicted octanol–water partition coefficient (Wildman–Crippen LogP) is 25.9. The van der Waals surface area contributed by atoms with Crippen LogP contribution < -0.4 is 26.2 Å². The zero-order valence-electron chi connectivity index (χ0n) is 77.6. The van der Waals surface area contributed by atoms with E-state index in [9.17, 15) is 13.7 Å². The number of para-hydroxylation sites is 6. The standard InChI is InChI=1S/C102H80BN5O/c1-100(2,3)69-32-24-31-65(54-69)66-45-49-83-93(57-66)108(92-44-26-38-80-79-37-25-43-91(98(79)109-99(80)92)107-87-41-22-18-35-77(87)78-36-19-23-42-88(78)107)96-62-74(105-89-51-46-70(101(4,5)6)58-81(89)82-59-71(102(7,8)9)47-52-90(82)105)61-95-97(96)103(83)84-50-48-72(104-85-39-20-16-33-75(85)76-34-17-21-40-86(76)104)60-94(84)106(95)73-55-67(63-27-12-10-13-28-63)53-68(56-73)64-29-14-11-15-30-64/h10-62H,1-9H3/i16D,17D,18D,19D,20D,21D,22D,23D,33D,34D,35D,36D,39D,40D,41D,42D. The second-order valence-corrected chi connectivity index (χ2v) is 32.1. The van der Waals surface area contributed by atoms with Crippen molar-refractivity contribution < 1.29 is 26.3 Å². The summed E-state index contributed by atoms with van der Waals surface area (Å²) in [6.45, 7) is 19.3. The molecule has 109 heavy (non-hydrogen) atoms. The van der Waals surface area contributed by atoms with E-state index in [1.807, 2.05) is 78.9 Å². The quantitative estimate of drug-likeness (QED) is 0.142. The minimum Gasteiger partial charge on any atom is -0.452 e. The van der Waals surface area contributed by atoms with Crippen molar-refractivity contribution in [1.82, 2.24) is 13.7 Å². The molecular formula is C102H80BN5O. The van der Waals surface area contributed by atoms with Crippen molar-refractivity contribution in [3.05, 3.63) is 338 Å². The molecule has 0 amide bonds. The molecule has 0 spiro atoms. The Labute approximate surface area is 658 Å². The molecule has 15 aromatic carbocycles. The van der Waals surface area contributed by atoms with Crippen LogP contribution in [-0.2, 0) is 16.2 Å². The van der Waals surface area contributed by atoms with E-state index in [2.05, 4.69) is 216 Å². The summed E-state index contributed by atoms with van der Waals surface area (Å²) in [7, 11) is 0. The summed E-state index contributed by atoms with van der Waals surface area (Å²) in [6, 6.07) is 69.9. The lowest BCUT2D eigenvalue weighted by molar-refractivity contribution is 0.590. The van der Waals surface area contributed by atoms with Gasteiger partial charge in [0.2, 0.25) is 0 Å². The van der Waals surface area contributed by atoms with Crippen molar-refractivity contribution >= 4 is 145 Å². The fraction of sp³-hybridized carbons (Fsp3) is 0.118. The number of hydrogen-bond acceptors (Lipinski definition) is 3. The molecule has 0 aliphatic carbocycles. The maximum atomic E-state index is 9.88. The van der Waals surface area contributed by atoms with Crippen LogP contribution in [0.25, 0.3) is 138 Å². The lowest BCUT2D eigenvalue weighted by Gasteiger charge is -2.44. The topological polar surface area (TPSA) is 34.4 Å². The summed E-state index contributed by atoms with van der Waals surface area (Å²) in [6.07, 6.45) is 0. The van der Waals surface area contributed by atoms with Gasteiger partial charge in [-0.2, -0.15) is 0 Å². The second kappa shape index (κ2) is 23.8. The van der Waals surface area contributed by atoms with Gasteiger partial charge in [0.1, 0.15) is 0 Å². The van der Waals surface area contributed by atoms with Gasteiger partial charge in [0.25, 0.3) is 6.71 Å². The van der Waals surface area contributed by atoms with Gasteiger partial charge in [-0.3, -0.25) is 0 Å². The number of hydrogen-bond donors (Lipinski definition) is 0. The SMILES string of the molecule is [2H]c1c([2H])c([2H])c2c(c1[2H])c1c([2H])c([2H])c([2H])c([2H])c1n2-c1ccc2c(c1)N(c1cc(-c3ccccc3)cc(-c3ccccc3)c1)c1cc(-n3c4ccc(C(C)(C)C)cc4c4cc(C(C)(C)C)ccc43)cc3c1B2c1ccc(-c2cccc(C(C)(C)C)c2)cc1N3c1cccc2c1oc1c(-n3c4c([2H])c([2H])c([2H])c([2H])c4c4c([2H])c([2H])c([2H])c([2H])c43)cccc12. The highest BCUT2D eigenvalue weighted by Gasteiger charge is 2.45. The van der Waals surface area contributed by atoms with Crippen LogP contribution in [0, 0.1) is 0 Å². The average molecular weight is 1420 g/mol. The first-order valence-corrected chi connectivity index (χ1v) is 37.1. The Kier molecular flexibility index (Phi) is 10.9. The van der Waals surface area contributed by atoms with E-state index in [0.717, 1.165) is 117 Å². The zero-order chi connectivity index (χ0) is 87.4. The number of furan rings is 1. The van der Waals surface area contributed by atoms with E-state index < -0.39 is 103 Å². The fourth-order valence-electron chi connectivity index (χ4n) is 17.2. The minimum atomic E-state index is -0.660. The number of aromatic nitrogens is 3. The highest BCUT2D eigenvalue weighted by atomic mass is 16.3. The highest BCUT2D eigenvalue weighted by Crippen LogP contribution is 2.52. The Morgan fingerprint density at radius 3 is 1.24 bits per heavy atom. The summed E-state index contributed by atoms with van der Waals surface area (Å²) in [4.78, 5) is 4.59. The molecule has 6 heterocycles. The van der Waals surface area contributed by atoms with Crippen LogP contribution in [0.4, 0.5) is 34.1 Å². The third-order valence-corrected chi connectivity index (χ3v) is 22.5. The number of rotatable bonds is 8. The van der Waals surface area contributed by atoms with Crippen LogP contribution in [-0.4, -0.2) is 20.4 Å². The summed E-state index contributed by atoms with van der Waals surface area (Å²) >= 11 is 0. The van der Waals surface area contributed by atoms with Crippen LogP contribution in [0.3, 0.4) is 0 Å². The summed E-state index contributed by atoms with van der Waals surface area (Å²) in [5.41, 5.74) is 18.6. The van der Waals surface area contributed by atoms with Crippen molar-refractivity contribution in [2.45, 2.75) is 78.6 Å². The van der Waals surface area contributed by atoms with E-state index in [-0.39, 0.29) is 71.1 Å². The Morgan fingerprint density at radius 2 is 0.697 bits per heavy atom. The fourth-order valence-corrected chi connectivity index (χ4v) is 17.2. The van der Waals surface area contributed by atoms with Gasteiger partial charge in [-0.1, -0.05) is 274 Å². The highest BCUT2D eigenvalue weighted by molar-refractivity contribution is 7.00. The molecule has 0 N–H and O–H groups in total. The normalized spacial score (nSPS) is 15.2. The molecule has 0 bridgehead atoms. The van der Waals surface area contributed by atoms with E-state index >= 15 is 0 Å². The Balaban J connectivity index is 0.944. The summed E-state index contributed by atoms with van der Waals surface area (Å²) in [5.74, 6) is 0. The van der Waals surface area contributed by atoms with Gasteiger partial charge in [0.05, 0.1) is 72.1 Å². The molecule has 0 radical (unpaired) electrons. The Morgan fingerprint density at radius 1 is 0.266 bits per heavy atom. The first-order valence-electron chi connectivity index (χ1n) is 45.1. The minimum absolute atomic E-state index is 0.0253. The Hall–Kier alpha value is -12.8. The molecule has 4 aromatic heterocycles.